The van der Waals surface area contributed by atoms with Crippen LogP contribution in [0.4, 0.5) is 4.79 Å². The van der Waals surface area contributed by atoms with Gasteiger partial charge in [0.15, 0.2) is 0 Å². The van der Waals surface area contributed by atoms with Crippen molar-refractivity contribution in [1.82, 2.24) is 9.88 Å². The smallest absolute Gasteiger partial charge is 0.410 e. The lowest BCUT2D eigenvalue weighted by atomic mass is 9.72. The van der Waals surface area contributed by atoms with Crippen LogP contribution in [0.15, 0.2) is 30.3 Å². The van der Waals surface area contributed by atoms with Gasteiger partial charge in [-0.25, -0.2) is 4.79 Å². The molecule has 3 heterocycles. The molecule has 0 aliphatic carbocycles. The molecule has 28 heavy (non-hydrogen) atoms. The number of fused-ring (bicyclic) bond motifs is 3. The average Bonchev–Trinajstić information content (AvgIpc) is 2.58. The first-order valence-corrected chi connectivity index (χ1v) is 10.3. The van der Waals surface area contributed by atoms with E-state index in [9.17, 15) is 9.90 Å². The summed E-state index contributed by atoms with van der Waals surface area (Å²) in [5.74, 6) is 0. The van der Waals surface area contributed by atoms with Gasteiger partial charge in [0.25, 0.3) is 0 Å². The van der Waals surface area contributed by atoms with E-state index in [2.05, 4.69) is 17.1 Å². The highest BCUT2D eigenvalue weighted by Gasteiger charge is 2.49. The third-order valence-corrected chi connectivity index (χ3v) is 5.98. The first-order chi connectivity index (χ1) is 13.1. The van der Waals surface area contributed by atoms with Crippen LogP contribution in [0.2, 0.25) is 0 Å². The maximum atomic E-state index is 12.8. The Morgan fingerprint density at radius 3 is 2.50 bits per heavy atom. The molecular weight excluding hydrogens is 352 g/mol. The van der Waals surface area contributed by atoms with E-state index < -0.39 is 11.2 Å². The normalized spacial score (nSPS) is 27.7. The van der Waals surface area contributed by atoms with Gasteiger partial charge in [-0.3, -0.25) is 4.98 Å². The van der Waals surface area contributed by atoms with Crippen molar-refractivity contribution in [1.29, 1.82) is 0 Å². The van der Waals surface area contributed by atoms with Crippen molar-refractivity contribution in [3.8, 4) is 0 Å². The third-order valence-electron chi connectivity index (χ3n) is 5.98. The molecule has 1 aromatic heterocycles. The molecule has 1 aromatic carbocycles. The summed E-state index contributed by atoms with van der Waals surface area (Å²) in [6.45, 7) is 7.66. The number of piperidine rings is 2. The van der Waals surface area contributed by atoms with Crippen LogP contribution >= 0.6 is 0 Å². The summed E-state index contributed by atoms with van der Waals surface area (Å²) in [4.78, 5) is 19.3. The minimum absolute atomic E-state index is 0.0131. The maximum absolute atomic E-state index is 12.8. The molecule has 2 fully saturated rings. The van der Waals surface area contributed by atoms with E-state index in [0.29, 0.717) is 12.8 Å². The van der Waals surface area contributed by atoms with Gasteiger partial charge in [-0.15, -0.1) is 0 Å². The molecule has 2 atom stereocenters. The number of nitrogens with zero attached hydrogens (tertiary/aromatic N) is 2. The lowest BCUT2D eigenvalue weighted by Gasteiger charge is -2.51. The predicted octanol–water partition coefficient (Wildman–Crippen LogP) is 4.68. The molecular formula is C23H30N2O3. The molecule has 0 spiro atoms. The lowest BCUT2D eigenvalue weighted by Crippen LogP contribution is -2.59. The number of aliphatic hydroxyl groups is 1. The number of carbonyl (C=O) groups is 1. The molecule has 5 heteroatoms. The third kappa shape index (κ3) is 3.60. The molecule has 1 N–H and O–H groups in total. The lowest BCUT2D eigenvalue weighted by molar-refractivity contribution is -0.0964. The summed E-state index contributed by atoms with van der Waals surface area (Å²) >= 11 is 0. The standard InChI is InChI=1S/C23H30N2O3/c1-15-8-9-16-12-17(10-11-20(16)24-15)23(27)13-18-6-5-7-19(14-23)25(18)21(26)28-22(2,3)4/h8-12,18-19,27H,5-7,13-14H2,1-4H3. The van der Waals surface area contributed by atoms with Crippen molar-refractivity contribution in [2.45, 2.75) is 83.1 Å². The van der Waals surface area contributed by atoms with Crippen molar-refractivity contribution in [2.75, 3.05) is 0 Å². The molecule has 2 aromatic rings. The maximum Gasteiger partial charge on any atom is 0.410 e. The molecule has 2 saturated heterocycles. The molecule has 2 aliphatic rings. The van der Waals surface area contributed by atoms with Crippen LogP contribution in [0.25, 0.3) is 10.9 Å². The number of amides is 1. The minimum atomic E-state index is -0.923. The van der Waals surface area contributed by atoms with Crippen molar-refractivity contribution >= 4 is 17.0 Å². The summed E-state index contributed by atoms with van der Waals surface area (Å²) in [6, 6.07) is 10.1. The van der Waals surface area contributed by atoms with Gasteiger partial charge in [0.2, 0.25) is 0 Å². The van der Waals surface area contributed by atoms with Crippen molar-refractivity contribution in [3.05, 3.63) is 41.6 Å². The molecule has 1 amide bonds. The zero-order valence-corrected chi connectivity index (χ0v) is 17.2. The molecule has 0 radical (unpaired) electrons. The van der Waals surface area contributed by atoms with Crippen LogP contribution in [0, 0.1) is 6.92 Å². The molecule has 150 valence electrons. The second kappa shape index (κ2) is 6.73. The number of benzene rings is 1. The monoisotopic (exact) mass is 382 g/mol. The fourth-order valence-electron chi connectivity index (χ4n) is 4.79. The summed E-state index contributed by atoms with van der Waals surface area (Å²) < 4.78 is 5.65. The number of ether oxygens (including phenoxy) is 1. The Balaban J connectivity index is 1.62. The average molecular weight is 383 g/mol. The summed E-state index contributed by atoms with van der Waals surface area (Å²) in [6.07, 6.45) is 3.76. The van der Waals surface area contributed by atoms with Gasteiger partial charge in [-0.1, -0.05) is 12.1 Å². The number of pyridine rings is 1. The van der Waals surface area contributed by atoms with E-state index in [4.69, 9.17) is 4.74 Å². The summed E-state index contributed by atoms with van der Waals surface area (Å²) in [7, 11) is 0. The fourth-order valence-corrected chi connectivity index (χ4v) is 4.79. The molecule has 5 nitrogen and oxygen atoms in total. The number of aromatic nitrogens is 1. The van der Waals surface area contributed by atoms with E-state index in [1.165, 1.54) is 0 Å². The number of aryl methyl sites for hydroxylation is 1. The van der Waals surface area contributed by atoms with Crippen molar-refractivity contribution < 1.29 is 14.6 Å². The predicted molar refractivity (Wildman–Crippen MR) is 109 cm³/mol. The Hall–Kier alpha value is -2.14. The topological polar surface area (TPSA) is 62.7 Å². The highest BCUT2D eigenvalue weighted by Crippen LogP contribution is 2.45. The largest absolute Gasteiger partial charge is 0.444 e. The van der Waals surface area contributed by atoms with Gasteiger partial charge in [-0.2, -0.15) is 0 Å². The Morgan fingerprint density at radius 1 is 1.18 bits per heavy atom. The molecule has 2 unspecified atom stereocenters. The number of carbonyl (C=O) groups excluding carboxylic acids is 1. The zero-order chi connectivity index (χ0) is 20.1. The molecule has 2 bridgehead atoms. The highest BCUT2D eigenvalue weighted by atomic mass is 16.6. The Morgan fingerprint density at radius 2 is 1.86 bits per heavy atom. The number of hydrogen-bond acceptors (Lipinski definition) is 4. The van der Waals surface area contributed by atoms with E-state index in [0.717, 1.165) is 41.4 Å². The first-order valence-electron chi connectivity index (χ1n) is 10.3. The number of rotatable bonds is 1. The van der Waals surface area contributed by atoms with Crippen LogP contribution in [-0.2, 0) is 10.3 Å². The van der Waals surface area contributed by atoms with E-state index in [1.54, 1.807) is 0 Å². The Bertz CT molecular complexity index is 888. The van der Waals surface area contributed by atoms with Crippen LogP contribution < -0.4 is 0 Å². The molecule has 2 aliphatic heterocycles. The molecule has 4 rings (SSSR count). The summed E-state index contributed by atoms with van der Waals surface area (Å²) in [5.41, 5.74) is 1.42. The van der Waals surface area contributed by atoms with Crippen LogP contribution in [0.5, 0.6) is 0 Å². The van der Waals surface area contributed by atoms with Gasteiger partial charge in [0, 0.05) is 36.0 Å². The van der Waals surface area contributed by atoms with Crippen molar-refractivity contribution in [2.24, 2.45) is 0 Å². The molecule has 0 saturated carbocycles. The van der Waals surface area contributed by atoms with Gasteiger partial charge in [-0.05, 0) is 70.7 Å². The van der Waals surface area contributed by atoms with Gasteiger partial charge < -0.3 is 14.7 Å². The summed E-state index contributed by atoms with van der Waals surface area (Å²) in [5, 5.41) is 12.6. The van der Waals surface area contributed by atoms with Crippen LogP contribution in [-0.4, -0.2) is 38.8 Å². The fraction of sp³-hybridized carbons (Fsp3) is 0.565. The van der Waals surface area contributed by atoms with E-state index >= 15 is 0 Å². The van der Waals surface area contributed by atoms with Crippen molar-refractivity contribution in [3.63, 3.8) is 0 Å². The first kappa shape index (κ1) is 19.2. The highest BCUT2D eigenvalue weighted by molar-refractivity contribution is 5.79. The Kier molecular flexibility index (Phi) is 4.61. The number of hydrogen-bond donors (Lipinski definition) is 1. The zero-order valence-electron chi connectivity index (χ0n) is 17.2. The van der Waals surface area contributed by atoms with Gasteiger partial charge >= 0.3 is 6.09 Å². The second-order valence-corrected chi connectivity index (χ2v) is 9.43. The van der Waals surface area contributed by atoms with Gasteiger partial charge in [0.1, 0.15) is 5.60 Å². The Labute approximate surface area is 166 Å². The quantitative estimate of drug-likeness (QED) is 0.778. The van der Waals surface area contributed by atoms with E-state index in [-0.39, 0.29) is 18.2 Å². The van der Waals surface area contributed by atoms with Crippen LogP contribution in [0.3, 0.4) is 0 Å². The second-order valence-electron chi connectivity index (χ2n) is 9.43. The van der Waals surface area contributed by atoms with Gasteiger partial charge in [0.05, 0.1) is 11.1 Å². The van der Waals surface area contributed by atoms with E-state index in [1.807, 2.05) is 50.8 Å². The minimum Gasteiger partial charge on any atom is -0.444 e. The van der Waals surface area contributed by atoms with Crippen LogP contribution in [0.1, 0.15) is 64.1 Å². The SMILES string of the molecule is Cc1ccc2cc(C3(O)CC4CCCC(C3)N4C(=O)OC(C)(C)C)ccc2n1.